The van der Waals surface area contributed by atoms with Crippen molar-refractivity contribution < 1.29 is 18.7 Å². The Kier molecular flexibility index (Phi) is 6.86. The van der Waals surface area contributed by atoms with Crippen molar-refractivity contribution in [3.05, 3.63) is 65.5 Å². The Hall–Kier alpha value is -2.89. The van der Waals surface area contributed by atoms with Gasteiger partial charge in [-0.25, -0.2) is 4.39 Å². The molecule has 0 spiro atoms. The highest BCUT2D eigenvalue weighted by molar-refractivity contribution is 5.94. The number of likely N-dealkylation sites (tertiary alicyclic amines) is 1. The van der Waals surface area contributed by atoms with E-state index in [1.807, 2.05) is 36.1 Å². The van der Waals surface area contributed by atoms with Crippen LogP contribution in [0.5, 0.6) is 5.75 Å². The van der Waals surface area contributed by atoms with E-state index >= 15 is 0 Å². The third-order valence-corrected chi connectivity index (χ3v) is 5.45. The summed E-state index contributed by atoms with van der Waals surface area (Å²) < 4.78 is 18.2. The molecule has 0 aromatic heterocycles. The Morgan fingerprint density at radius 2 is 1.69 bits per heavy atom. The minimum absolute atomic E-state index is 0.0783. The van der Waals surface area contributed by atoms with E-state index in [-0.39, 0.29) is 23.5 Å². The molecule has 6 heteroatoms. The highest BCUT2D eigenvalue weighted by Gasteiger charge is 2.30. The number of halogens is 1. The minimum atomic E-state index is -0.359. The molecule has 3 rings (SSSR count). The normalized spacial score (nSPS) is 14.5. The highest BCUT2D eigenvalue weighted by Crippen LogP contribution is 2.23. The summed E-state index contributed by atoms with van der Waals surface area (Å²) >= 11 is 0. The smallest absolute Gasteiger partial charge is 0.253 e. The SMILES string of the molecule is CCN(Cc1ccc(OC)cc1)C(=O)C1CCN(C(=O)c2ccc(F)cc2)CC1. The average Bonchev–Trinajstić information content (AvgIpc) is 2.77. The highest BCUT2D eigenvalue weighted by atomic mass is 19.1. The number of carbonyl (C=O) groups is 2. The standard InChI is InChI=1S/C23H27FN2O3/c1-3-25(16-17-4-10-21(29-2)11-5-17)22(27)19-12-14-26(15-13-19)23(28)18-6-8-20(24)9-7-18/h4-11,19H,3,12-16H2,1-2H3. The number of amides is 2. The van der Waals surface area contributed by atoms with Crippen molar-refractivity contribution in [2.75, 3.05) is 26.7 Å². The summed E-state index contributed by atoms with van der Waals surface area (Å²) in [6, 6.07) is 13.3. The van der Waals surface area contributed by atoms with E-state index in [1.165, 1.54) is 24.3 Å². The van der Waals surface area contributed by atoms with Gasteiger partial charge in [0.1, 0.15) is 11.6 Å². The lowest BCUT2D eigenvalue weighted by molar-refractivity contribution is -0.137. The van der Waals surface area contributed by atoms with Crippen molar-refractivity contribution in [2.24, 2.45) is 5.92 Å². The Balaban J connectivity index is 1.56. The predicted molar refractivity (Wildman–Crippen MR) is 109 cm³/mol. The second-order valence-electron chi connectivity index (χ2n) is 7.27. The van der Waals surface area contributed by atoms with E-state index in [0.29, 0.717) is 44.6 Å². The first-order chi connectivity index (χ1) is 14.0. The van der Waals surface area contributed by atoms with Gasteiger partial charge in [-0.2, -0.15) is 0 Å². The molecule has 0 atom stereocenters. The summed E-state index contributed by atoms with van der Waals surface area (Å²) in [7, 11) is 1.63. The van der Waals surface area contributed by atoms with E-state index < -0.39 is 0 Å². The number of methoxy groups -OCH3 is 1. The molecular formula is C23H27FN2O3. The van der Waals surface area contributed by atoms with E-state index in [2.05, 4.69) is 0 Å². The number of piperidine rings is 1. The van der Waals surface area contributed by atoms with Crippen LogP contribution in [-0.2, 0) is 11.3 Å². The first-order valence-electron chi connectivity index (χ1n) is 9.98. The molecule has 0 N–H and O–H groups in total. The van der Waals surface area contributed by atoms with Gasteiger partial charge in [-0.05, 0) is 61.7 Å². The molecule has 2 aromatic rings. The van der Waals surface area contributed by atoms with E-state index in [4.69, 9.17) is 4.74 Å². The molecule has 5 nitrogen and oxygen atoms in total. The van der Waals surface area contributed by atoms with Crippen molar-refractivity contribution in [3.63, 3.8) is 0 Å². The average molecular weight is 398 g/mol. The number of hydrogen-bond donors (Lipinski definition) is 0. The fourth-order valence-corrected chi connectivity index (χ4v) is 3.66. The largest absolute Gasteiger partial charge is 0.497 e. The summed E-state index contributed by atoms with van der Waals surface area (Å²) in [4.78, 5) is 29.2. The zero-order valence-corrected chi connectivity index (χ0v) is 16.9. The lowest BCUT2D eigenvalue weighted by atomic mass is 9.94. The summed E-state index contributed by atoms with van der Waals surface area (Å²) in [6.07, 6.45) is 1.29. The van der Waals surface area contributed by atoms with Crippen LogP contribution < -0.4 is 4.74 Å². The minimum Gasteiger partial charge on any atom is -0.497 e. The van der Waals surface area contributed by atoms with E-state index in [1.54, 1.807) is 12.0 Å². The van der Waals surface area contributed by atoms with Crippen LogP contribution in [0.3, 0.4) is 0 Å². The number of ether oxygens (including phenoxy) is 1. The third-order valence-electron chi connectivity index (χ3n) is 5.45. The second kappa shape index (κ2) is 9.54. The van der Waals surface area contributed by atoms with Gasteiger partial charge in [0.25, 0.3) is 5.91 Å². The van der Waals surface area contributed by atoms with Crippen LogP contribution in [0.25, 0.3) is 0 Å². The van der Waals surface area contributed by atoms with Gasteiger partial charge < -0.3 is 14.5 Å². The van der Waals surface area contributed by atoms with Crippen LogP contribution in [-0.4, -0.2) is 48.4 Å². The van der Waals surface area contributed by atoms with Crippen molar-refractivity contribution >= 4 is 11.8 Å². The van der Waals surface area contributed by atoms with Crippen molar-refractivity contribution in [1.82, 2.24) is 9.80 Å². The Labute approximate surface area is 171 Å². The van der Waals surface area contributed by atoms with Gasteiger partial charge in [0.15, 0.2) is 0 Å². The zero-order valence-electron chi connectivity index (χ0n) is 16.9. The number of nitrogens with zero attached hydrogens (tertiary/aromatic N) is 2. The van der Waals surface area contributed by atoms with Crippen molar-refractivity contribution in [2.45, 2.75) is 26.3 Å². The molecule has 2 aromatic carbocycles. The Bertz CT molecular complexity index is 828. The van der Waals surface area contributed by atoms with Crippen LogP contribution in [0, 0.1) is 11.7 Å². The van der Waals surface area contributed by atoms with Crippen molar-refractivity contribution in [1.29, 1.82) is 0 Å². The molecule has 0 aliphatic carbocycles. The van der Waals surface area contributed by atoms with E-state index in [9.17, 15) is 14.0 Å². The summed E-state index contributed by atoms with van der Waals surface area (Å²) in [6.45, 7) is 4.25. The number of benzene rings is 2. The van der Waals surface area contributed by atoms with Crippen LogP contribution >= 0.6 is 0 Å². The van der Waals surface area contributed by atoms with Crippen LogP contribution in [0.15, 0.2) is 48.5 Å². The van der Waals surface area contributed by atoms with Gasteiger partial charge in [-0.3, -0.25) is 9.59 Å². The van der Waals surface area contributed by atoms with Gasteiger partial charge in [-0.15, -0.1) is 0 Å². The maximum absolute atomic E-state index is 13.1. The summed E-state index contributed by atoms with van der Waals surface area (Å²) in [5.41, 5.74) is 1.54. The first-order valence-corrected chi connectivity index (χ1v) is 9.98. The molecule has 1 saturated heterocycles. The predicted octanol–water partition coefficient (Wildman–Crippen LogP) is 3.74. The molecule has 0 bridgehead atoms. The number of hydrogen-bond acceptors (Lipinski definition) is 3. The van der Waals surface area contributed by atoms with Gasteiger partial charge >= 0.3 is 0 Å². The lowest BCUT2D eigenvalue weighted by Crippen LogP contribution is -2.44. The second-order valence-corrected chi connectivity index (χ2v) is 7.27. The molecule has 0 unspecified atom stereocenters. The first kappa shape index (κ1) is 20.8. The van der Waals surface area contributed by atoms with Crippen LogP contribution in [0.2, 0.25) is 0 Å². The third kappa shape index (κ3) is 5.13. The van der Waals surface area contributed by atoms with Crippen molar-refractivity contribution in [3.8, 4) is 5.75 Å². The lowest BCUT2D eigenvalue weighted by Gasteiger charge is -2.34. The fraction of sp³-hybridized carbons (Fsp3) is 0.391. The Morgan fingerprint density at radius 1 is 1.07 bits per heavy atom. The zero-order chi connectivity index (χ0) is 20.8. The molecule has 0 radical (unpaired) electrons. The van der Waals surface area contributed by atoms with Gasteiger partial charge in [0.05, 0.1) is 7.11 Å². The van der Waals surface area contributed by atoms with Gasteiger partial charge in [0, 0.05) is 37.7 Å². The monoisotopic (exact) mass is 398 g/mol. The molecular weight excluding hydrogens is 371 g/mol. The maximum Gasteiger partial charge on any atom is 0.253 e. The molecule has 1 fully saturated rings. The molecule has 1 aliphatic heterocycles. The summed E-state index contributed by atoms with van der Waals surface area (Å²) in [5.74, 6) is 0.382. The van der Waals surface area contributed by atoms with E-state index in [0.717, 1.165) is 11.3 Å². The van der Waals surface area contributed by atoms with Gasteiger partial charge in [0.2, 0.25) is 5.91 Å². The topological polar surface area (TPSA) is 49.9 Å². The molecule has 2 amide bonds. The molecule has 154 valence electrons. The molecule has 29 heavy (non-hydrogen) atoms. The van der Waals surface area contributed by atoms with Crippen LogP contribution in [0.1, 0.15) is 35.7 Å². The fourth-order valence-electron chi connectivity index (χ4n) is 3.66. The quantitative estimate of drug-likeness (QED) is 0.745. The van der Waals surface area contributed by atoms with Crippen LogP contribution in [0.4, 0.5) is 4.39 Å². The molecule has 1 heterocycles. The Morgan fingerprint density at radius 3 is 2.24 bits per heavy atom. The number of carbonyl (C=O) groups excluding carboxylic acids is 2. The summed E-state index contributed by atoms with van der Waals surface area (Å²) in [5, 5.41) is 0. The molecule has 0 saturated carbocycles. The number of rotatable bonds is 6. The van der Waals surface area contributed by atoms with Gasteiger partial charge in [-0.1, -0.05) is 12.1 Å². The molecule has 1 aliphatic rings. The maximum atomic E-state index is 13.1.